The lowest BCUT2D eigenvalue weighted by Crippen LogP contribution is -2.37. The molecule has 2 aromatic carbocycles. The van der Waals surface area contributed by atoms with Gasteiger partial charge in [-0.3, -0.25) is 4.79 Å². The molecule has 0 N–H and O–H groups in total. The Morgan fingerprint density at radius 1 is 0.917 bits per heavy atom. The van der Waals surface area contributed by atoms with Crippen molar-refractivity contribution in [2.75, 3.05) is 0 Å². The first-order valence-corrected chi connectivity index (χ1v) is 8.00. The number of hydrogen-bond donors (Lipinski definition) is 0. The molecule has 3 rings (SSSR count). The van der Waals surface area contributed by atoms with Crippen LogP contribution in [0.5, 0.6) is 0 Å². The van der Waals surface area contributed by atoms with Crippen LogP contribution in [0.4, 0.5) is 0 Å². The fraction of sp³-hybridized carbons (Fsp3) is 0.250. The van der Waals surface area contributed by atoms with Crippen LogP contribution in [-0.4, -0.2) is 10.9 Å². The summed E-state index contributed by atoms with van der Waals surface area (Å²) in [5.74, 6) is -0.166. The molecule has 0 radical (unpaired) electrons. The van der Waals surface area contributed by atoms with Crippen LogP contribution in [0.15, 0.2) is 83.3 Å². The lowest BCUT2D eigenvalue weighted by molar-refractivity contribution is -0.130. The van der Waals surface area contributed by atoms with Gasteiger partial charge in [0.15, 0.2) is 0 Å². The minimum Gasteiger partial charge on any atom is -0.269 e. The first kappa shape index (κ1) is 16.1. The second kappa shape index (κ2) is 6.04. The number of carbonyl (C=O) groups excluding carboxylic acids is 1. The van der Waals surface area contributed by atoms with E-state index in [1.807, 2.05) is 66.7 Å². The number of nitrogens with zero attached hydrogens (tertiary/aromatic N) is 3. The summed E-state index contributed by atoms with van der Waals surface area (Å²) in [5.41, 5.74) is 0.471. The van der Waals surface area contributed by atoms with Gasteiger partial charge in [-0.2, -0.15) is 5.01 Å². The summed E-state index contributed by atoms with van der Waals surface area (Å²) in [6.07, 6.45) is 3.66. The first-order valence-electron chi connectivity index (χ1n) is 8.00. The minimum atomic E-state index is -1.12. The Morgan fingerprint density at radius 3 is 1.88 bits per heavy atom. The largest absolute Gasteiger partial charge is 0.287 e. The molecule has 0 aliphatic carbocycles. The molecule has 1 aliphatic heterocycles. The van der Waals surface area contributed by atoms with Crippen LogP contribution in [-0.2, 0) is 10.3 Å². The second-order valence-corrected chi connectivity index (χ2v) is 6.96. The van der Waals surface area contributed by atoms with E-state index >= 15 is 0 Å². The molecule has 0 spiro atoms. The van der Waals surface area contributed by atoms with Crippen LogP contribution >= 0.6 is 0 Å². The van der Waals surface area contributed by atoms with E-state index in [0.717, 1.165) is 11.1 Å². The van der Waals surface area contributed by atoms with Gasteiger partial charge in [-0.25, -0.2) is 0 Å². The van der Waals surface area contributed by atoms with Crippen LogP contribution < -0.4 is 0 Å². The summed E-state index contributed by atoms with van der Waals surface area (Å²) in [6.45, 7) is 6.22. The van der Waals surface area contributed by atoms with Gasteiger partial charge in [-0.05, 0) is 16.5 Å². The Morgan fingerprint density at radius 2 is 1.42 bits per heavy atom. The van der Waals surface area contributed by atoms with Crippen molar-refractivity contribution in [1.29, 1.82) is 0 Å². The Bertz CT molecular complexity index is 734. The number of hydrogen-bond acceptors (Lipinski definition) is 3. The van der Waals surface area contributed by atoms with E-state index in [1.165, 1.54) is 5.01 Å². The Labute approximate surface area is 142 Å². The summed E-state index contributed by atoms with van der Waals surface area (Å²) in [5, 5.41) is 9.91. The van der Waals surface area contributed by atoms with Crippen molar-refractivity contribution in [3.05, 3.63) is 84.1 Å². The first-order chi connectivity index (χ1) is 11.4. The second-order valence-electron chi connectivity index (χ2n) is 6.96. The Kier molecular flexibility index (Phi) is 4.06. The minimum absolute atomic E-state index is 0.0411. The van der Waals surface area contributed by atoms with Gasteiger partial charge in [0.05, 0.1) is 0 Å². The quantitative estimate of drug-likeness (QED) is 0.808. The van der Waals surface area contributed by atoms with Crippen molar-refractivity contribution in [2.24, 2.45) is 15.8 Å². The summed E-state index contributed by atoms with van der Waals surface area (Å²) in [6, 6.07) is 19.2. The zero-order chi connectivity index (χ0) is 17.2. The molecular weight excluding hydrogens is 298 g/mol. The maximum absolute atomic E-state index is 13.2. The van der Waals surface area contributed by atoms with Gasteiger partial charge < -0.3 is 0 Å². The van der Waals surface area contributed by atoms with Crippen LogP contribution in [0.3, 0.4) is 0 Å². The molecule has 24 heavy (non-hydrogen) atoms. The lowest BCUT2D eigenvalue weighted by atomic mass is 9.83. The molecule has 1 amide bonds. The molecule has 1 aliphatic rings. The third-order valence-electron chi connectivity index (χ3n) is 3.91. The molecule has 0 saturated heterocycles. The zero-order valence-electron chi connectivity index (χ0n) is 14.2. The molecule has 4 nitrogen and oxygen atoms in total. The van der Waals surface area contributed by atoms with Gasteiger partial charge in [0.25, 0.3) is 5.91 Å². The number of allylic oxidation sites excluding steroid dienone is 1. The summed E-state index contributed by atoms with van der Waals surface area (Å²) < 4.78 is 0. The van der Waals surface area contributed by atoms with Crippen molar-refractivity contribution in [1.82, 2.24) is 5.01 Å². The molecule has 0 saturated carbocycles. The predicted molar refractivity (Wildman–Crippen MR) is 94.0 cm³/mol. The van der Waals surface area contributed by atoms with Crippen LogP contribution in [0, 0.1) is 5.41 Å². The topological polar surface area (TPSA) is 45.0 Å². The van der Waals surface area contributed by atoms with E-state index in [1.54, 1.807) is 6.20 Å². The molecule has 122 valence electrons. The highest BCUT2D eigenvalue weighted by Crippen LogP contribution is 2.40. The van der Waals surface area contributed by atoms with Gasteiger partial charge in [0.2, 0.25) is 5.54 Å². The molecule has 0 fully saturated rings. The van der Waals surface area contributed by atoms with Crippen molar-refractivity contribution < 1.29 is 4.79 Å². The SMILES string of the molecule is CC(C)(C)C=CN1N=NC(c2ccccc2)(c2ccccc2)C1=O. The average Bonchev–Trinajstić information content (AvgIpc) is 2.92. The zero-order valence-corrected chi connectivity index (χ0v) is 14.2. The third kappa shape index (κ3) is 2.87. The fourth-order valence-electron chi connectivity index (χ4n) is 2.64. The molecule has 0 aromatic heterocycles. The monoisotopic (exact) mass is 319 g/mol. The van der Waals surface area contributed by atoms with Gasteiger partial charge in [0.1, 0.15) is 0 Å². The normalized spacial score (nSPS) is 17.0. The van der Waals surface area contributed by atoms with Crippen LogP contribution in [0.1, 0.15) is 31.9 Å². The standard InChI is InChI=1S/C20H21N3O/c1-19(2,3)14-15-23-18(24)20(21-22-23,16-10-6-4-7-11-16)17-12-8-5-9-13-17/h4-15H,1-3H3. The van der Waals surface area contributed by atoms with E-state index in [9.17, 15) is 4.79 Å². The number of rotatable bonds is 3. The van der Waals surface area contributed by atoms with E-state index in [4.69, 9.17) is 0 Å². The number of amides is 1. The molecule has 4 heteroatoms. The smallest absolute Gasteiger partial charge is 0.269 e. The Balaban J connectivity index is 2.08. The maximum Gasteiger partial charge on any atom is 0.287 e. The highest BCUT2D eigenvalue weighted by molar-refractivity contribution is 5.93. The van der Waals surface area contributed by atoms with Gasteiger partial charge in [-0.1, -0.05) is 92.7 Å². The van der Waals surface area contributed by atoms with E-state index in [-0.39, 0.29) is 11.3 Å². The molecule has 0 bridgehead atoms. The number of carbonyl (C=O) groups is 1. The van der Waals surface area contributed by atoms with Crippen LogP contribution in [0.2, 0.25) is 0 Å². The molecule has 0 atom stereocenters. The van der Waals surface area contributed by atoms with Crippen molar-refractivity contribution in [3.8, 4) is 0 Å². The Hall–Kier alpha value is -2.75. The van der Waals surface area contributed by atoms with E-state index < -0.39 is 5.54 Å². The van der Waals surface area contributed by atoms with E-state index in [0.29, 0.717) is 0 Å². The summed E-state index contributed by atoms with van der Waals surface area (Å²) in [7, 11) is 0. The number of benzene rings is 2. The highest BCUT2D eigenvalue weighted by Gasteiger charge is 2.49. The van der Waals surface area contributed by atoms with Crippen molar-refractivity contribution in [2.45, 2.75) is 26.3 Å². The lowest BCUT2D eigenvalue weighted by Gasteiger charge is -2.24. The van der Waals surface area contributed by atoms with Gasteiger partial charge in [-0.15, -0.1) is 5.11 Å². The molecule has 0 unspecified atom stereocenters. The summed E-state index contributed by atoms with van der Waals surface area (Å²) in [4.78, 5) is 13.2. The maximum atomic E-state index is 13.2. The average molecular weight is 319 g/mol. The van der Waals surface area contributed by atoms with Crippen LogP contribution in [0.25, 0.3) is 0 Å². The third-order valence-corrected chi connectivity index (χ3v) is 3.91. The van der Waals surface area contributed by atoms with Crippen molar-refractivity contribution in [3.63, 3.8) is 0 Å². The summed E-state index contributed by atoms with van der Waals surface area (Å²) >= 11 is 0. The molecule has 1 heterocycles. The molecular formula is C20H21N3O. The van der Waals surface area contributed by atoms with E-state index in [2.05, 4.69) is 31.1 Å². The highest BCUT2D eigenvalue weighted by atomic mass is 16.2. The molecule has 2 aromatic rings. The predicted octanol–water partition coefficient (Wildman–Crippen LogP) is 4.70. The van der Waals surface area contributed by atoms with Gasteiger partial charge in [0, 0.05) is 6.20 Å². The fourth-order valence-corrected chi connectivity index (χ4v) is 2.64. The van der Waals surface area contributed by atoms with Crippen molar-refractivity contribution >= 4 is 5.91 Å². The van der Waals surface area contributed by atoms with Gasteiger partial charge >= 0.3 is 0 Å².